The Morgan fingerprint density at radius 1 is 1.14 bits per heavy atom. The molecule has 21 heavy (non-hydrogen) atoms. The zero-order valence-electron chi connectivity index (χ0n) is 11.1. The highest BCUT2D eigenvalue weighted by Crippen LogP contribution is 2.22. The topological polar surface area (TPSA) is 75.6 Å². The molecule has 2 aromatic rings. The molecule has 1 amide bonds. The van der Waals surface area contributed by atoms with E-state index in [1.165, 1.54) is 49.6 Å². The molecular formula is C15H12FNO4. The number of halogens is 1. The lowest BCUT2D eigenvalue weighted by atomic mass is 10.1. The Balaban J connectivity index is 2.22. The van der Waals surface area contributed by atoms with Crippen molar-refractivity contribution < 1.29 is 23.8 Å². The molecule has 0 radical (unpaired) electrons. The monoisotopic (exact) mass is 289 g/mol. The van der Waals surface area contributed by atoms with Crippen LogP contribution in [-0.2, 0) is 0 Å². The number of rotatable bonds is 4. The van der Waals surface area contributed by atoms with E-state index in [0.29, 0.717) is 5.69 Å². The van der Waals surface area contributed by atoms with Crippen molar-refractivity contribution in [3.8, 4) is 5.75 Å². The summed E-state index contributed by atoms with van der Waals surface area (Å²) in [6, 6.07) is 9.51. The molecule has 0 atom stereocenters. The number of hydrogen-bond donors (Lipinski definition) is 2. The predicted molar refractivity (Wildman–Crippen MR) is 74.3 cm³/mol. The average molecular weight is 289 g/mol. The highest BCUT2D eigenvalue weighted by atomic mass is 19.1. The van der Waals surface area contributed by atoms with E-state index in [2.05, 4.69) is 5.32 Å². The van der Waals surface area contributed by atoms with Crippen LogP contribution in [0, 0.1) is 5.82 Å². The third-order valence-corrected chi connectivity index (χ3v) is 2.78. The first-order chi connectivity index (χ1) is 10.0. The van der Waals surface area contributed by atoms with Crippen LogP contribution in [0.1, 0.15) is 20.7 Å². The molecule has 0 heterocycles. The third-order valence-electron chi connectivity index (χ3n) is 2.78. The molecule has 0 aliphatic heterocycles. The molecule has 0 aliphatic rings. The highest BCUT2D eigenvalue weighted by Gasteiger charge is 2.11. The van der Waals surface area contributed by atoms with Gasteiger partial charge in [-0.15, -0.1) is 0 Å². The van der Waals surface area contributed by atoms with Crippen LogP contribution in [0.15, 0.2) is 42.5 Å². The number of aromatic carboxylic acids is 1. The summed E-state index contributed by atoms with van der Waals surface area (Å²) >= 11 is 0. The van der Waals surface area contributed by atoms with Crippen LogP contribution in [0.5, 0.6) is 5.75 Å². The van der Waals surface area contributed by atoms with E-state index in [1.807, 2.05) is 0 Å². The van der Waals surface area contributed by atoms with E-state index >= 15 is 0 Å². The molecule has 6 heteroatoms. The Morgan fingerprint density at radius 2 is 1.86 bits per heavy atom. The van der Waals surface area contributed by atoms with Gasteiger partial charge < -0.3 is 15.2 Å². The fourth-order valence-corrected chi connectivity index (χ4v) is 1.73. The minimum Gasteiger partial charge on any atom is -0.494 e. The zero-order valence-corrected chi connectivity index (χ0v) is 11.1. The molecule has 0 spiro atoms. The van der Waals surface area contributed by atoms with Crippen LogP contribution >= 0.6 is 0 Å². The van der Waals surface area contributed by atoms with Gasteiger partial charge >= 0.3 is 5.97 Å². The molecule has 2 rings (SSSR count). The number of carbonyl (C=O) groups excluding carboxylic acids is 1. The first-order valence-electron chi connectivity index (χ1n) is 5.99. The lowest BCUT2D eigenvalue weighted by Gasteiger charge is -2.08. The quantitative estimate of drug-likeness (QED) is 0.907. The van der Waals surface area contributed by atoms with Gasteiger partial charge in [0, 0.05) is 17.3 Å². The minimum atomic E-state index is -1.12. The smallest absolute Gasteiger partial charge is 0.335 e. The zero-order chi connectivity index (χ0) is 15.4. The molecule has 0 aromatic heterocycles. The van der Waals surface area contributed by atoms with Crippen molar-refractivity contribution in [3.05, 3.63) is 59.4 Å². The van der Waals surface area contributed by atoms with Gasteiger partial charge in [-0.05, 0) is 30.3 Å². The van der Waals surface area contributed by atoms with Gasteiger partial charge in [0.2, 0.25) is 0 Å². The normalized spacial score (nSPS) is 10.0. The molecule has 0 saturated carbocycles. The minimum absolute atomic E-state index is 0.00656. The number of methoxy groups -OCH3 is 1. The van der Waals surface area contributed by atoms with Gasteiger partial charge in [-0.3, -0.25) is 4.79 Å². The van der Waals surface area contributed by atoms with Crippen molar-refractivity contribution in [3.63, 3.8) is 0 Å². The Labute approximate surface area is 120 Å². The fraction of sp³-hybridized carbons (Fsp3) is 0.0667. The van der Waals surface area contributed by atoms with Gasteiger partial charge in [0.05, 0.1) is 12.7 Å². The highest BCUT2D eigenvalue weighted by molar-refractivity contribution is 6.05. The van der Waals surface area contributed by atoms with Gasteiger partial charge in [-0.25, -0.2) is 9.18 Å². The number of carboxylic acids is 1. The number of ether oxygens (including phenoxy) is 1. The summed E-state index contributed by atoms with van der Waals surface area (Å²) in [5, 5.41) is 11.4. The van der Waals surface area contributed by atoms with Crippen LogP contribution in [0.25, 0.3) is 0 Å². The van der Waals surface area contributed by atoms with E-state index in [1.54, 1.807) is 0 Å². The van der Waals surface area contributed by atoms with Crippen molar-refractivity contribution in [2.24, 2.45) is 0 Å². The summed E-state index contributed by atoms with van der Waals surface area (Å²) < 4.78 is 18.1. The van der Waals surface area contributed by atoms with Crippen molar-refractivity contribution in [2.75, 3.05) is 12.4 Å². The van der Waals surface area contributed by atoms with E-state index < -0.39 is 17.7 Å². The molecule has 2 aromatic carbocycles. The largest absolute Gasteiger partial charge is 0.494 e. The first kappa shape index (κ1) is 14.5. The van der Waals surface area contributed by atoms with Crippen LogP contribution in [0.4, 0.5) is 10.1 Å². The SMILES string of the molecule is COc1cc(NC(=O)c2cccc(C(=O)O)c2)ccc1F. The summed E-state index contributed by atoms with van der Waals surface area (Å²) in [7, 11) is 1.32. The lowest BCUT2D eigenvalue weighted by Crippen LogP contribution is -2.13. The number of carboxylic acid groups (broad SMARTS) is 1. The van der Waals surface area contributed by atoms with Crippen LogP contribution < -0.4 is 10.1 Å². The summed E-state index contributed by atoms with van der Waals surface area (Å²) in [6.07, 6.45) is 0. The average Bonchev–Trinajstić information content (AvgIpc) is 2.49. The van der Waals surface area contributed by atoms with Crippen LogP contribution in [-0.4, -0.2) is 24.1 Å². The Bertz CT molecular complexity index is 700. The number of hydrogen-bond acceptors (Lipinski definition) is 3. The molecular weight excluding hydrogens is 277 g/mol. The molecule has 0 fully saturated rings. The second-order valence-corrected chi connectivity index (χ2v) is 4.19. The van der Waals surface area contributed by atoms with Crippen molar-refractivity contribution in [2.45, 2.75) is 0 Å². The molecule has 5 nitrogen and oxygen atoms in total. The van der Waals surface area contributed by atoms with Crippen molar-refractivity contribution in [1.82, 2.24) is 0 Å². The van der Waals surface area contributed by atoms with E-state index in [9.17, 15) is 14.0 Å². The van der Waals surface area contributed by atoms with Gasteiger partial charge in [0.25, 0.3) is 5.91 Å². The number of amides is 1. The summed E-state index contributed by atoms with van der Waals surface area (Å²) in [4.78, 5) is 22.9. The van der Waals surface area contributed by atoms with E-state index in [-0.39, 0.29) is 16.9 Å². The second kappa shape index (κ2) is 6.04. The summed E-state index contributed by atoms with van der Waals surface area (Å²) in [5.74, 6) is -2.14. The van der Waals surface area contributed by atoms with Gasteiger partial charge in [-0.1, -0.05) is 6.07 Å². The number of anilines is 1. The maximum absolute atomic E-state index is 13.3. The van der Waals surface area contributed by atoms with Gasteiger partial charge in [0.15, 0.2) is 11.6 Å². The molecule has 0 saturated heterocycles. The molecule has 0 unspecified atom stereocenters. The third kappa shape index (κ3) is 3.36. The Hall–Kier alpha value is -2.89. The van der Waals surface area contributed by atoms with Crippen LogP contribution in [0.2, 0.25) is 0 Å². The summed E-state index contributed by atoms with van der Waals surface area (Å²) in [6.45, 7) is 0. The number of benzene rings is 2. The lowest BCUT2D eigenvalue weighted by molar-refractivity contribution is 0.0697. The number of nitrogens with one attached hydrogen (secondary N) is 1. The number of carbonyl (C=O) groups is 2. The predicted octanol–water partition coefficient (Wildman–Crippen LogP) is 2.78. The Kier molecular flexibility index (Phi) is 4.18. The van der Waals surface area contributed by atoms with Crippen LogP contribution in [0.3, 0.4) is 0 Å². The molecule has 0 bridgehead atoms. The molecule has 108 valence electrons. The van der Waals surface area contributed by atoms with Gasteiger partial charge in [-0.2, -0.15) is 0 Å². The van der Waals surface area contributed by atoms with E-state index in [0.717, 1.165) is 0 Å². The van der Waals surface area contributed by atoms with Gasteiger partial charge in [0.1, 0.15) is 0 Å². The fourth-order valence-electron chi connectivity index (χ4n) is 1.73. The standard InChI is InChI=1S/C15H12FNO4/c1-21-13-8-11(5-6-12(13)16)17-14(18)9-3-2-4-10(7-9)15(19)20/h2-8H,1H3,(H,17,18)(H,19,20). The Morgan fingerprint density at radius 3 is 2.52 bits per heavy atom. The second-order valence-electron chi connectivity index (χ2n) is 4.19. The summed E-state index contributed by atoms with van der Waals surface area (Å²) in [5.41, 5.74) is 0.552. The molecule has 0 aliphatic carbocycles. The molecule has 2 N–H and O–H groups in total. The maximum Gasteiger partial charge on any atom is 0.335 e. The first-order valence-corrected chi connectivity index (χ1v) is 5.99. The van der Waals surface area contributed by atoms with Crippen molar-refractivity contribution >= 4 is 17.6 Å². The maximum atomic E-state index is 13.3. The van der Waals surface area contributed by atoms with Crippen molar-refractivity contribution in [1.29, 1.82) is 0 Å². The van der Waals surface area contributed by atoms with E-state index in [4.69, 9.17) is 9.84 Å².